The van der Waals surface area contributed by atoms with Crippen LogP contribution in [0.4, 0.5) is 5.69 Å². The Hall–Kier alpha value is -2.54. The number of carbonyl (C=O) groups is 1. The molecule has 2 aromatic rings. The monoisotopic (exact) mass is 402 g/mol. The van der Waals surface area contributed by atoms with Crippen molar-refractivity contribution < 1.29 is 17.9 Å². The Balaban J connectivity index is 1.80. The average molecular weight is 403 g/mol. The zero-order chi connectivity index (χ0) is 20.3. The molecule has 6 nitrogen and oxygen atoms in total. The molecule has 0 atom stereocenters. The van der Waals surface area contributed by atoms with E-state index in [1.165, 1.54) is 0 Å². The molecule has 1 amide bonds. The van der Waals surface area contributed by atoms with Crippen molar-refractivity contribution >= 4 is 21.6 Å². The SMILES string of the molecule is CCCOc1ccc(S(=O)(=O)Nc2ccc3c(c2)CN(C(C)=O)CC3)cc1C. The molecule has 2 aromatic carbocycles. The van der Waals surface area contributed by atoms with Crippen LogP contribution in [-0.2, 0) is 27.8 Å². The first-order chi connectivity index (χ1) is 13.3. The first-order valence-corrected chi connectivity index (χ1v) is 10.9. The zero-order valence-electron chi connectivity index (χ0n) is 16.5. The number of sulfonamides is 1. The number of hydrogen-bond donors (Lipinski definition) is 1. The van der Waals surface area contributed by atoms with E-state index in [-0.39, 0.29) is 10.8 Å². The van der Waals surface area contributed by atoms with Crippen LogP contribution < -0.4 is 9.46 Å². The van der Waals surface area contributed by atoms with Crippen LogP contribution in [0.1, 0.15) is 37.0 Å². The highest BCUT2D eigenvalue weighted by Crippen LogP contribution is 2.26. The van der Waals surface area contributed by atoms with Gasteiger partial charge in [-0.1, -0.05) is 13.0 Å². The van der Waals surface area contributed by atoms with Crippen molar-refractivity contribution in [2.45, 2.75) is 45.1 Å². The maximum atomic E-state index is 12.8. The summed E-state index contributed by atoms with van der Waals surface area (Å²) in [5, 5.41) is 0. The van der Waals surface area contributed by atoms with Gasteiger partial charge in [0.15, 0.2) is 0 Å². The lowest BCUT2D eigenvalue weighted by atomic mass is 9.99. The fraction of sp³-hybridized carbons (Fsp3) is 0.381. The van der Waals surface area contributed by atoms with Crippen molar-refractivity contribution in [2.24, 2.45) is 0 Å². The zero-order valence-corrected chi connectivity index (χ0v) is 17.3. The molecule has 3 rings (SSSR count). The number of aryl methyl sites for hydroxylation is 1. The van der Waals surface area contributed by atoms with Gasteiger partial charge in [0.05, 0.1) is 11.5 Å². The highest BCUT2D eigenvalue weighted by molar-refractivity contribution is 7.92. The Morgan fingerprint density at radius 1 is 1.18 bits per heavy atom. The summed E-state index contributed by atoms with van der Waals surface area (Å²) in [5.74, 6) is 0.719. The molecular formula is C21H26N2O4S. The second-order valence-electron chi connectivity index (χ2n) is 7.06. The molecule has 1 N–H and O–H groups in total. The van der Waals surface area contributed by atoms with Gasteiger partial charge < -0.3 is 9.64 Å². The lowest BCUT2D eigenvalue weighted by Gasteiger charge is -2.28. The molecule has 0 saturated carbocycles. The van der Waals surface area contributed by atoms with E-state index in [0.717, 1.165) is 29.5 Å². The summed E-state index contributed by atoms with van der Waals surface area (Å²) < 4.78 is 33.9. The number of fused-ring (bicyclic) bond motifs is 1. The van der Waals surface area contributed by atoms with E-state index in [9.17, 15) is 13.2 Å². The first-order valence-electron chi connectivity index (χ1n) is 9.43. The molecule has 0 saturated heterocycles. The summed E-state index contributed by atoms with van der Waals surface area (Å²) in [7, 11) is -3.72. The molecule has 28 heavy (non-hydrogen) atoms. The average Bonchev–Trinajstić information content (AvgIpc) is 2.66. The Morgan fingerprint density at radius 3 is 2.64 bits per heavy atom. The topological polar surface area (TPSA) is 75.7 Å². The molecule has 0 bridgehead atoms. The Labute approximate surface area is 166 Å². The summed E-state index contributed by atoms with van der Waals surface area (Å²) in [6.07, 6.45) is 1.67. The van der Waals surface area contributed by atoms with Crippen molar-refractivity contribution in [3.05, 3.63) is 53.1 Å². The predicted octanol–water partition coefficient (Wildman–Crippen LogP) is 3.49. The third kappa shape index (κ3) is 4.47. The minimum absolute atomic E-state index is 0.0255. The van der Waals surface area contributed by atoms with Gasteiger partial charge in [-0.05, 0) is 66.8 Å². The molecule has 1 heterocycles. The van der Waals surface area contributed by atoms with Gasteiger partial charge in [-0.2, -0.15) is 0 Å². The van der Waals surface area contributed by atoms with Gasteiger partial charge in [0.1, 0.15) is 5.75 Å². The molecule has 150 valence electrons. The molecule has 0 radical (unpaired) electrons. The first kappa shape index (κ1) is 20.2. The molecule has 0 unspecified atom stereocenters. The molecular weight excluding hydrogens is 376 g/mol. The molecule has 0 aromatic heterocycles. The van der Waals surface area contributed by atoms with E-state index in [2.05, 4.69) is 4.72 Å². The fourth-order valence-electron chi connectivity index (χ4n) is 3.27. The van der Waals surface area contributed by atoms with Gasteiger partial charge in [-0.3, -0.25) is 9.52 Å². The van der Waals surface area contributed by atoms with Gasteiger partial charge in [-0.25, -0.2) is 8.42 Å². The molecule has 0 fully saturated rings. The third-order valence-corrected chi connectivity index (χ3v) is 6.21. The van der Waals surface area contributed by atoms with Crippen LogP contribution in [0.15, 0.2) is 41.3 Å². The standard InChI is InChI=1S/C21H26N2O4S/c1-4-11-27-21-8-7-20(12-15(21)2)28(25,26)22-19-6-5-17-9-10-23(16(3)24)14-18(17)13-19/h5-8,12-13,22H,4,9-11,14H2,1-3H3. The molecule has 7 heteroatoms. The number of carbonyl (C=O) groups excluding carboxylic acids is 1. The number of ether oxygens (including phenoxy) is 1. The quantitative estimate of drug-likeness (QED) is 0.803. The lowest BCUT2D eigenvalue weighted by Crippen LogP contribution is -2.34. The number of benzene rings is 2. The van der Waals surface area contributed by atoms with Crippen LogP contribution >= 0.6 is 0 Å². The highest BCUT2D eigenvalue weighted by Gasteiger charge is 2.20. The third-order valence-electron chi connectivity index (χ3n) is 4.83. The van der Waals surface area contributed by atoms with Gasteiger partial charge >= 0.3 is 0 Å². The van der Waals surface area contributed by atoms with Crippen LogP contribution in [0.3, 0.4) is 0 Å². The van der Waals surface area contributed by atoms with Crippen LogP contribution in [0.2, 0.25) is 0 Å². The summed E-state index contributed by atoms with van der Waals surface area (Å²) in [5.41, 5.74) is 3.39. The number of hydrogen-bond acceptors (Lipinski definition) is 4. The largest absolute Gasteiger partial charge is 0.493 e. The van der Waals surface area contributed by atoms with Crippen LogP contribution in [-0.4, -0.2) is 32.4 Å². The Bertz CT molecular complexity index is 986. The minimum Gasteiger partial charge on any atom is -0.493 e. The molecule has 0 aliphatic carbocycles. The summed E-state index contributed by atoms with van der Waals surface area (Å²) in [6.45, 7) is 7.19. The van der Waals surface area contributed by atoms with E-state index in [1.54, 1.807) is 36.1 Å². The highest BCUT2D eigenvalue weighted by atomic mass is 32.2. The van der Waals surface area contributed by atoms with Crippen LogP contribution in [0.5, 0.6) is 5.75 Å². The van der Waals surface area contributed by atoms with E-state index < -0.39 is 10.0 Å². The van der Waals surface area contributed by atoms with E-state index in [4.69, 9.17) is 4.74 Å². The van der Waals surface area contributed by atoms with Crippen molar-refractivity contribution in [1.29, 1.82) is 0 Å². The Morgan fingerprint density at radius 2 is 1.96 bits per heavy atom. The van der Waals surface area contributed by atoms with Crippen molar-refractivity contribution in [3.8, 4) is 5.75 Å². The van der Waals surface area contributed by atoms with E-state index in [0.29, 0.717) is 31.1 Å². The van der Waals surface area contributed by atoms with Gasteiger partial charge in [0.25, 0.3) is 10.0 Å². The van der Waals surface area contributed by atoms with Gasteiger partial charge in [-0.15, -0.1) is 0 Å². The van der Waals surface area contributed by atoms with Gasteiger partial charge in [0, 0.05) is 25.7 Å². The predicted molar refractivity (Wildman–Crippen MR) is 109 cm³/mol. The Kier molecular flexibility index (Phi) is 5.93. The normalized spacial score (nSPS) is 13.8. The van der Waals surface area contributed by atoms with Crippen LogP contribution in [0.25, 0.3) is 0 Å². The van der Waals surface area contributed by atoms with E-state index in [1.807, 2.05) is 26.0 Å². The number of amides is 1. The number of nitrogens with one attached hydrogen (secondary N) is 1. The van der Waals surface area contributed by atoms with Crippen molar-refractivity contribution in [3.63, 3.8) is 0 Å². The second kappa shape index (κ2) is 8.22. The van der Waals surface area contributed by atoms with E-state index >= 15 is 0 Å². The number of nitrogens with zero attached hydrogens (tertiary/aromatic N) is 1. The molecule has 1 aliphatic rings. The second-order valence-corrected chi connectivity index (χ2v) is 8.74. The van der Waals surface area contributed by atoms with Gasteiger partial charge in [0.2, 0.25) is 5.91 Å². The molecule has 1 aliphatic heterocycles. The maximum Gasteiger partial charge on any atom is 0.261 e. The van der Waals surface area contributed by atoms with Crippen LogP contribution in [0, 0.1) is 6.92 Å². The number of anilines is 1. The lowest BCUT2D eigenvalue weighted by molar-refractivity contribution is -0.129. The fourth-order valence-corrected chi connectivity index (χ4v) is 4.40. The number of rotatable bonds is 6. The van der Waals surface area contributed by atoms with Crippen molar-refractivity contribution in [1.82, 2.24) is 4.90 Å². The smallest absolute Gasteiger partial charge is 0.261 e. The summed E-state index contributed by atoms with van der Waals surface area (Å²) in [4.78, 5) is 13.6. The molecule has 0 spiro atoms. The summed E-state index contributed by atoms with van der Waals surface area (Å²) >= 11 is 0. The van der Waals surface area contributed by atoms with Crippen molar-refractivity contribution in [2.75, 3.05) is 17.9 Å². The summed E-state index contributed by atoms with van der Waals surface area (Å²) in [6, 6.07) is 10.4. The maximum absolute atomic E-state index is 12.8. The minimum atomic E-state index is -3.72.